The molecule has 2 rings (SSSR count). The van der Waals surface area contributed by atoms with Crippen LogP contribution in [0, 0.1) is 0 Å². The summed E-state index contributed by atoms with van der Waals surface area (Å²) in [5.74, 6) is 1.02. The highest BCUT2D eigenvalue weighted by Gasteiger charge is 2.30. The Morgan fingerprint density at radius 3 is 2.65 bits per heavy atom. The number of rotatable bonds is 7. The Labute approximate surface area is 175 Å². The second kappa shape index (κ2) is 12.7. The Bertz CT molecular complexity index is 443. The van der Waals surface area contributed by atoms with E-state index in [1.807, 2.05) is 6.92 Å². The van der Waals surface area contributed by atoms with Crippen LogP contribution in [0.25, 0.3) is 0 Å². The van der Waals surface area contributed by atoms with Gasteiger partial charge < -0.3 is 20.3 Å². The molecule has 2 N–H and O–H groups in total. The van der Waals surface area contributed by atoms with E-state index in [9.17, 15) is 4.79 Å². The Morgan fingerprint density at radius 2 is 2.00 bits per heavy atom. The maximum Gasteiger partial charge on any atom is 0.222 e. The van der Waals surface area contributed by atoms with Crippen molar-refractivity contribution in [2.24, 2.45) is 4.99 Å². The lowest BCUT2D eigenvalue weighted by Crippen LogP contribution is -2.46. The van der Waals surface area contributed by atoms with Crippen LogP contribution in [0.3, 0.4) is 0 Å². The maximum absolute atomic E-state index is 11.9. The lowest BCUT2D eigenvalue weighted by atomic mass is 10.2. The van der Waals surface area contributed by atoms with E-state index in [0.29, 0.717) is 19.0 Å². The van der Waals surface area contributed by atoms with Gasteiger partial charge in [-0.25, -0.2) is 0 Å². The van der Waals surface area contributed by atoms with Gasteiger partial charge in [0.25, 0.3) is 0 Å². The van der Waals surface area contributed by atoms with Gasteiger partial charge in [-0.2, -0.15) is 0 Å². The third kappa shape index (κ3) is 7.56. The molecule has 0 aliphatic carbocycles. The summed E-state index contributed by atoms with van der Waals surface area (Å²) < 4.78 is 5.45. The zero-order valence-electron chi connectivity index (χ0n) is 16.5. The van der Waals surface area contributed by atoms with Gasteiger partial charge in [-0.05, 0) is 26.7 Å². The van der Waals surface area contributed by atoms with Crippen molar-refractivity contribution in [1.82, 2.24) is 20.4 Å². The normalized spacial score (nSPS) is 22.7. The van der Waals surface area contributed by atoms with Crippen LogP contribution in [0.15, 0.2) is 4.99 Å². The SMILES string of the molecule is CCNC(=NCCC(=O)NC(C)CC)N1CCC(N2CCOCC2)C1.I. The largest absolute Gasteiger partial charge is 0.379 e. The summed E-state index contributed by atoms with van der Waals surface area (Å²) in [5, 5.41) is 6.37. The molecule has 0 aromatic heterocycles. The van der Waals surface area contributed by atoms with Gasteiger partial charge in [0.15, 0.2) is 5.96 Å². The number of ether oxygens (including phenoxy) is 1. The van der Waals surface area contributed by atoms with Crippen molar-refractivity contribution in [3.8, 4) is 0 Å². The molecule has 0 saturated carbocycles. The third-order valence-corrected chi connectivity index (χ3v) is 4.98. The minimum Gasteiger partial charge on any atom is -0.379 e. The predicted molar refractivity (Wildman–Crippen MR) is 116 cm³/mol. The number of halogens is 1. The minimum atomic E-state index is 0. The van der Waals surface area contributed by atoms with Gasteiger partial charge in [-0.1, -0.05) is 6.92 Å². The molecule has 0 radical (unpaired) electrons. The van der Waals surface area contributed by atoms with Crippen molar-refractivity contribution in [2.75, 3.05) is 52.5 Å². The molecule has 152 valence electrons. The van der Waals surface area contributed by atoms with E-state index in [-0.39, 0.29) is 35.9 Å². The first-order chi connectivity index (χ1) is 12.1. The summed E-state index contributed by atoms with van der Waals surface area (Å²) in [6.45, 7) is 13.3. The molecule has 2 aliphatic rings. The number of nitrogens with zero attached hydrogens (tertiary/aromatic N) is 3. The standard InChI is InChI=1S/C18H35N5O2.HI/c1-4-15(3)21-17(24)6-8-20-18(19-5-2)23-9-7-16(14-23)22-10-12-25-13-11-22;/h15-16H,4-14H2,1-3H3,(H,19,20)(H,21,24);1H. The highest BCUT2D eigenvalue weighted by atomic mass is 127. The van der Waals surface area contributed by atoms with E-state index < -0.39 is 0 Å². The van der Waals surface area contributed by atoms with Crippen molar-refractivity contribution in [3.63, 3.8) is 0 Å². The first-order valence-electron chi connectivity index (χ1n) is 9.78. The highest BCUT2D eigenvalue weighted by Crippen LogP contribution is 2.17. The molecule has 2 atom stereocenters. The van der Waals surface area contributed by atoms with E-state index in [1.165, 1.54) is 6.42 Å². The summed E-state index contributed by atoms with van der Waals surface area (Å²) in [6.07, 6.45) is 2.56. The van der Waals surface area contributed by atoms with E-state index in [1.54, 1.807) is 0 Å². The summed E-state index contributed by atoms with van der Waals surface area (Å²) in [6, 6.07) is 0.819. The topological polar surface area (TPSA) is 69.2 Å². The number of carbonyl (C=O) groups is 1. The van der Waals surface area contributed by atoms with Crippen LogP contribution in [-0.2, 0) is 9.53 Å². The fourth-order valence-corrected chi connectivity index (χ4v) is 3.31. The fourth-order valence-electron chi connectivity index (χ4n) is 3.31. The molecule has 2 heterocycles. The molecular formula is C18H36IN5O2. The van der Waals surface area contributed by atoms with Gasteiger partial charge in [0, 0.05) is 51.2 Å². The van der Waals surface area contributed by atoms with Crippen LogP contribution in [0.4, 0.5) is 0 Å². The molecule has 2 unspecified atom stereocenters. The first kappa shape index (κ1) is 23.4. The van der Waals surface area contributed by atoms with E-state index in [4.69, 9.17) is 4.74 Å². The van der Waals surface area contributed by atoms with Crippen molar-refractivity contribution in [1.29, 1.82) is 0 Å². The fraction of sp³-hybridized carbons (Fsp3) is 0.889. The second-order valence-corrected chi connectivity index (χ2v) is 6.90. The van der Waals surface area contributed by atoms with Crippen LogP contribution < -0.4 is 10.6 Å². The molecule has 0 aromatic rings. The number of hydrogen-bond donors (Lipinski definition) is 2. The molecule has 8 heteroatoms. The monoisotopic (exact) mass is 481 g/mol. The molecule has 7 nitrogen and oxygen atoms in total. The zero-order valence-corrected chi connectivity index (χ0v) is 18.8. The van der Waals surface area contributed by atoms with Crippen molar-refractivity contribution in [2.45, 2.75) is 52.1 Å². The lowest BCUT2D eigenvalue weighted by Gasteiger charge is -2.32. The van der Waals surface area contributed by atoms with E-state index >= 15 is 0 Å². The maximum atomic E-state index is 11.9. The smallest absolute Gasteiger partial charge is 0.222 e. The number of nitrogens with one attached hydrogen (secondary N) is 2. The molecule has 0 spiro atoms. The van der Waals surface area contributed by atoms with Crippen LogP contribution >= 0.6 is 24.0 Å². The molecule has 2 saturated heterocycles. The summed E-state index contributed by atoms with van der Waals surface area (Å²) in [7, 11) is 0. The van der Waals surface area contributed by atoms with Crippen molar-refractivity contribution >= 4 is 35.8 Å². The summed E-state index contributed by atoms with van der Waals surface area (Å²) >= 11 is 0. The zero-order chi connectivity index (χ0) is 18.1. The molecule has 0 bridgehead atoms. The van der Waals surface area contributed by atoms with Crippen LogP contribution in [0.5, 0.6) is 0 Å². The number of morpholine rings is 1. The average molecular weight is 481 g/mol. The highest BCUT2D eigenvalue weighted by molar-refractivity contribution is 14.0. The van der Waals surface area contributed by atoms with Crippen LogP contribution in [0.2, 0.25) is 0 Å². The van der Waals surface area contributed by atoms with E-state index in [0.717, 1.165) is 58.3 Å². The average Bonchev–Trinajstić information content (AvgIpc) is 3.11. The number of aliphatic imine (C=N–C) groups is 1. The minimum absolute atomic E-state index is 0. The summed E-state index contributed by atoms with van der Waals surface area (Å²) in [5.41, 5.74) is 0. The Hall–Kier alpha value is -0.610. The number of carbonyl (C=O) groups excluding carboxylic acids is 1. The molecule has 1 amide bonds. The Morgan fingerprint density at radius 1 is 1.27 bits per heavy atom. The second-order valence-electron chi connectivity index (χ2n) is 6.90. The number of likely N-dealkylation sites (tertiary alicyclic amines) is 1. The van der Waals surface area contributed by atoms with Crippen LogP contribution in [-0.4, -0.2) is 86.2 Å². The molecule has 0 aromatic carbocycles. The van der Waals surface area contributed by atoms with Crippen molar-refractivity contribution < 1.29 is 9.53 Å². The quantitative estimate of drug-likeness (QED) is 0.326. The Balaban J connectivity index is 0.00000338. The molecule has 2 aliphatic heterocycles. The third-order valence-electron chi connectivity index (χ3n) is 4.98. The van der Waals surface area contributed by atoms with Gasteiger partial charge in [-0.15, -0.1) is 24.0 Å². The van der Waals surface area contributed by atoms with Gasteiger partial charge in [-0.3, -0.25) is 14.7 Å². The summed E-state index contributed by atoms with van der Waals surface area (Å²) in [4.78, 5) is 21.4. The molecule has 26 heavy (non-hydrogen) atoms. The Kier molecular flexibility index (Phi) is 11.5. The number of guanidine groups is 1. The van der Waals surface area contributed by atoms with Gasteiger partial charge in [0.05, 0.1) is 19.8 Å². The van der Waals surface area contributed by atoms with Gasteiger partial charge in [0.2, 0.25) is 5.91 Å². The lowest BCUT2D eigenvalue weighted by molar-refractivity contribution is -0.121. The molecule has 2 fully saturated rings. The van der Waals surface area contributed by atoms with E-state index in [2.05, 4.69) is 39.3 Å². The predicted octanol–water partition coefficient (Wildman–Crippen LogP) is 1.28. The van der Waals surface area contributed by atoms with Crippen LogP contribution in [0.1, 0.15) is 40.0 Å². The molecular weight excluding hydrogens is 445 g/mol. The first-order valence-corrected chi connectivity index (χ1v) is 9.78. The number of hydrogen-bond acceptors (Lipinski definition) is 4. The van der Waals surface area contributed by atoms with Gasteiger partial charge in [0.1, 0.15) is 0 Å². The van der Waals surface area contributed by atoms with Gasteiger partial charge >= 0.3 is 0 Å². The van der Waals surface area contributed by atoms with Crippen molar-refractivity contribution in [3.05, 3.63) is 0 Å². The number of amides is 1.